The van der Waals surface area contributed by atoms with E-state index in [4.69, 9.17) is 9.72 Å². The summed E-state index contributed by atoms with van der Waals surface area (Å²) in [6.07, 6.45) is 4.34. The van der Waals surface area contributed by atoms with Crippen molar-refractivity contribution in [1.82, 2.24) is 14.9 Å². The lowest BCUT2D eigenvalue weighted by molar-refractivity contribution is -0.120. The summed E-state index contributed by atoms with van der Waals surface area (Å²) in [4.78, 5) is 17.4. The molecule has 1 heterocycles. The molecule has 5 heteroatoms. The van der Waals surface area contributed by atoms with Crippen LogP contribution in [0, 0.1) is 0 Å². The second kappa shape index (κ2) is 12.9. The van der Waals surface area contributed by atoms with Gasteiger partial charge in [-0.1, -0.05) is 85.3 Å². The van der Waals surface area contributed by atoms with Crippen LogP contribution in [-0.2, 0) is 24.2 Å². The quantitative estimate of drug-likeness (QED) is 0.185. The van der Waals surface area contributed by atoms with Gasteiger partial charge in [-0.15, -0.1) is 0 Å². The summed E-state index contributed by atoms with van der Waals surface area (Å²) >= 11 is 0. The Morgan fingerprint density at radius 2 is 1.46 bits per heavy atom. The molecule has 1 amide bonds. The number of aryl methyl sites for hydroxylation is 1. The highest BCUT2D eigenvalue weighted by atomic mass is 16.5. The monoisotopic (exact) mass is 517 g/mol. The van der Waals surface area contributed by atoms with Gasteiger partial charge in [-0.2, -0.15) is 0 Å². The van der Waals surface area contributed by atoms with Crippen LogP contribution < -0.4 is 10.1 Å². The molecule has 0 saturated carbocycles. The zero-order valence-electron chi connectivity index (χ0n) is 22.5. The van der Waals surface area contributed by atoms with E-state index in [1.54, 1.807) is 7.11 Å². The third-order valence-corrected chi connectivity index (χ3v) is 7.06. The highest BCUT2D eigenvalue weighted by Crippen LogP contribution is 2.21. The minimum absolute atomic E-state index is 0.0729. The van der Waals surface area contributed by atoms with Crippen molar-refractivity contribution in [3.63, 3.8) is 0 Å². The van der Waals surface area contributed by atoms with E-state index in [1.807, 2.05) is 48.5 Å². The number of aromatic nitrogens is 2. The predicted molar refractivity (Wildman–Crippen MR) is 158 cm³/mol. The number of nitrogens with zero attached hydrogens (tertiary/aromatic N) is 2. The van der Waals surface area contributed by atoms with Gasteiger partial charge in [-0.25, -0.2) is 4.98 Å². The largest absolute Gasteiger partial charge is 0.497 e. The predicted octanol–water partition coefficient (Wildman–Crippen LogP) is 6.83. The van der Waals surface area contributed by atoms with Crippen molar-refractivity contribution in [3.8, 4) is 16.9 Å². The van der Waals surface area contributed by atoms with E-state index < -0.39 is 0 Å². The van der Waals surface area contributed by atoms with Crippen LogP contribution in [0.15, 0.2) is 103 Å². The van der Waals surface area contributed by atoms with Gasteiger partial charge in [0.15, 0.2) is 0 Å². The second-order valence-corrected chi connectivity index (χ2v) is 9.85. The Kier molecular flexibility index (Phi) is 8.69. The molecule has 0 aliphatic heterocycles. The number of benzene rings is 4. The summed E-state index contributed by atoms with van der Waals surface area (Å²) < 4.78 is 7.62. The van der Waals surface area contributed by atoms with E-state index in [9.17, 15) is 4.79 Å². The average molecular weight is 518 g/mol. The van der Waals surface area contributed by atoms with E-state index in [-0.39, 0.29) is 5.91 Å². The number of imidazole rings is 1. The number of nitrogens with one attached hydrogen (secondary N) is 1. The number of ether oxygens (including phenoxy) is 1. The SMILES string of the molecule is COc1ccc(Cn2c(CCCCCNC(=O)Cc3ccc(-c4ccccc4)cc3)nc3ccccc32)cc1. The maximum atomic E-state index is 12.4. The molecule has 198 valence electrons. The van der Waals surface area contributed by atoms with Gasteiger partial charge >= 0.3 is 0 Å². The fraction of sp³-hybridized carbons (Fsp3) is 0.235. The first-order valence-electron chi connectivity index (χ1n) is 13.7. The Labute approximate surface area is 230 Å². The number of rotatable bonds is 12. The first-order chi connectivity index (χ1) is 19.2. The van der Waals surface area contributed by atoms with Gasteiger partial charge in [-0.3, -0.25) is 4.79 Å². The van der Waals surface area contributed by atoms with Crippen LogP contribution in [0.2, 0.25) is 0 Å². The molecule has 5 nitrogen and oxygen atoms in total. The Bertz CT molecular complexity index is 1490. The van der Waals surface area contributed by atoms with Gasteiger partial charge in [0, 0.05) is 19.5 Å². The van der Waals surface area contributed by atoms with E-state index >= 15 is 0 Å². The maximum Gasteiger partial charge on any atom is 0.224 e. The molecule has 0 aliphatic carbocycles. The molecule has 1 aromatic heterocycles. The molecule has 0 aliphatic rings. The summed E-state index contributed by atoms with van der Waals surface area (Å²) in [7, 11) is 1.69. The number of para-hydroxylation sites is 2. The Hall–Kier alpha value is -4.38. The van der Waals surface area contributed by atoms with E-state index in [2.05, 4.69) is 64.5 Å². The molecular weight excluding hydrogens is 482 g/mol. The van der Waals surface area contributed by atoms with Gasteiger partial charge in [0.05, 0.1) is 24.6 Å². The van der Waals surface area contributed by atoms with Crippen LogP contribution in [0.5, 0.6) is 5.75 Å². The van der Waals surface area contributed by atoms with Crippen LogP contribution in [-0.4, -0.2) is 29.1 Å². The lowest BCUT2D eigenvalue weighted by Crippen LogP contribution is -2.26. The summed E-state index contributed by atoms with van der Waals surface area (Å²) in [6.45, 7) is 1.48. The van der Waals surface area contributed by atoms with Crippen LogP contribution >= 0.6 is 0 Å². The highest BCUT2D eigenvalue weighted by molar-refractivity contribution is 5.79. The highest BCUT2D eigenvalue weighted by Gasteiger charge is 2.11. The zero-order valence-corrected chi connectivity index (χ0v) is 22.5. The Morgan fingerprint density at radius 3 is 2.23 bits per heavy atom. The normalized spacial score (nSPS) is 11.0. The number of unbranched alkanes of at least 4 members (excludes halogenated alkanes) is 2. The Balaban J connectivity index is 1.08. The van der Waals surface area contributed by atoms with Crippen molar-refractivity contribution < 1.29 is 9.53 Å². The molecule has 5 rings (SSSR count). The maximum absolute atomic E-state index is 12.4. The van der Waals surface area contributed by atoms with Crippen molar-refractivity contribution in [2.75, 3.05) is 13.7 Å². The van der Waals surface area contributed by atoms with E-state index in [1.165, 1.54) is 11.1 Å². The molecular formula is C34H35N3O2. The summed E-state index contributed by atoms with van der Waals surface area (Å²) in [5.74, 6) is 2.04. The average Bonchev–Trinajstić information content (AvgIpc) is 3.33. The number of amides is 1. The third-order valence-electron chi connectivity index (χ3n) is 7.06. The van der Waals surface area contributed by atoms with E-state index in [0.717, 1.165) is 66.0 Å². The first kappa shape index (κ1) is 26.2. The minimum atomic E-state index is 0.0729. The number of carbonyl (C=O) groups excluding carboxylic acids is 1. The fourth-order valence-corrected chi connectivity index (χ4v) is 4.91. The van der Waals surface area contributed by atoms with Gasteiger partial charge < -0.3 is 14.6 Å². The zero-order chi connectivity index (χ0) is 26.9. The smallest absolute Gasteiger partial charge is 0.224 e. The van der Waals surface area contributed by atoms with Crippen molar-refractivity contribution in [2.24, 2.45) is 0 Å². The summed E-state index contributed by atoms with van der Waals surface area (Å²) in [5.41, 5.74) is 6.79. The van der Waals surface area contributed by atoms with Crippen LogP contribution in [0.1, 0.15) is 36.2 Å². The molecule has 0 unspecified atom stereocenters. The molecule has 5 aromatic rings. The lowest BCUT2D eigenvalue weighted by atomic mass is 10.0. The number of carbonyl (C=O) groups is 1. The molecule has 4 aromatic carbocycles. The van der Waals surface area contributed by atoms with Crippen LogP contribution in [0.25, 0.3) is 22.2 Å². The second-order valence-electron chi connectivity index (χ2n) is 9.85. The third kappa shape index (κ3) is 6.94. The molecule has 0 saturated heterocycles. The number of fused-ring (bicyclic) bond motifs is 1. The van der Waals surface area contributed by atoms with Crippen molar-refractivity contribution in [2.45, 2.75) is 38.6 Å². The topological polar surface area (TPSA) is 56.1 Å². The standard InChI is InChI=1S/C34H35N3O2/c1-39-30-21-17-27(18-22-30)25-37-32-13-8-7-12-31(32)36-33(37)14-6-3-9-23-35-34(38)24-26-15-19-29(20-16-26)28-10-4-2-5-11-28/h2,4-5,7-8,10-13,15-22H,3,6,9,14,23-25H2,1H3,(H,35,38). The van der Waals surface area contributed by atoms with Gasteiger partial charge in [0.25, 0.3) is 0 Å². The molecule has 39 heavy (non-hydrogen) atoms. The molecule has 1 N–H and O–H groups in total. The number of hydrogen-bond donors (Lipinski definition) is 1. The minimum Gasteiger partial charge on any atom is -0.497 e. The van der Waals surface area contributed by atoms with Crippen LogP contribution in [0.4, 0.5) is 0 Å². The Morgan fingerprint density at radius 1 is 0.769 bits per heavy atom. The van der Waals surface area contributed by atoms with Crippen molar-refractivity contribution in [3.05, 3.63) is 120 Å². The van der Waals surface area contributed by atoms with Crippen LogP contribution in [0.3, 0.4) is 0 Å². The fourth-order valence-electron chi connectivity index (χ4n) is 4.91. The molecule has 0 radical (unpaired) electrons. The van der Waals surface area contributed by atoms with Gasteiger partial charge in [0.1, 0.15) is 11.6 Å². The van der Waals surface area contributed by atoms with Gasteiger partial charge in [0.2, 0.25) is 5.91 Å². The van der Waals surface area contributed by atoms with E-state index in [0.29, 0.717) is 13.0 Å². The summed E-state index contributed by atoms with van der Waals surface area (Å²) in [6, 6.07) is 35.1. The first-order valence-corrected chi connectivity index (χ1v) is 13.7. The number of methoxy groups -OCH3 is 1. The van der Waals surface area contributed by atoms with Gasteiger partial charge in [-0.05, 0) is 59.4 Å². The van der Waals surface area contributed by atoms with Crippen molar-refractivity contribution in [1.29, 1.82) is 0 Å². The lowest BCUT2D eigenvalue weighted by Gasteiger charge is -2.10. The van der Waals surface area contributed by atoms with Crippen molar-refractivity contribution >= 4 is 16.9 Å². The number of hydrogen-bond acceptors (Lipinski definition) is 3. The molecule has 0 bridgehead atoms. The summed E-state index contributed by atoms with van der Waals surface area (Å²) in [5, 5.41) is 3.08. The molecule has 0 fully saturated rings. The molecule has 0 atom stereocenters. The molecule has 0 spiro atoms.